The lowest BCUT2D eigenvalue weighted by Gasteiger charge is -2.27. The zero-order chi connectivity index (χ0) is 25.1. The minimum absolute atomic E-state index is 0.0985. The van der Waals surface area contributed by atoms with Gasteiger partial charge in [-0.15, -0.1) is 11.3 Å². The third kappa shape index (κ3) is 6.28. The van der Waals surface area contributed by atoms with Crippen molar-refractivity contribution in [3.63, 3.8) is 0 Å². The first kappa shape index (κ1) is 25.3. The van der Waals surface area contributed by atoms with Crippen LogP contribution in [0.5, 0.6) is 0 Å². The summed E-state index contributed by atoms with van der Waals surface area (Å²) in [5, 5.41) is 5.08. The van der Waals surface area contributed by atoms with Crippen LogP contribution in [-0.4, -0.2) is 52.1 Å². The van der Waals surface area contributed by atoms with Gasteiger partial charge in [0, 0.05) is 52.3 Å². The Hall–Kier alpha value is -2.75. The Bertz CT molecular complexity index is 1250. The molecule has 0 atom stereocenters. The van der Waals surface area contributed by atoms with E-state index in [0.717, 1.165) is 61.8 Å². The highest BCUT2D eigenvalue weighted by molar-refractivity contribution is 7.13. The van der Waals surface area contributed by atoms with Crippen LogP contribution < -0.4 is 11.1 Å². The Morgan fingerprint density at radius 2 is 1.94 bits per heavy atom. The summed E-state index contributed by atoms with van der Waals surface area (Å²) in [4.78, 5) is 45.3. The number of fused-ring (bicyclic) bond motifs is 2. The number of hydrogen-bond donors (Lipinski definition) is 3. The fourth-order valence-electron chi connectivity index (χ4n) is 4.56. The monoisotopic (exact) mass is 515 g/mol. The van der Waals surface area contributed by atoms with Gasteiger partial charge >= 0.3 is 0 Å². The number of benzene rings is 1. The largest absolute Gasteiger partial charge is 0.364 e. The minimum Gasteiger partial charge on any atom is -0.364 e. The Balaban J connectivity index is 0.000000189. The molecule has 1 fully saturated rings. The maximum atomic E-state index is 12.3. The molecule has 0 spiro atoms. The van der Waals surface area contributed by atoms with Crippen LogP contribution in [0, 0.1) is 5.92 Å². The number of likely N-dealkylation sites (N-methyl/N-ethyl adjacent to an activating group) is 1. The molecule has 1 aliphatic heterocycles. The van der Waals surface area contributed by atoms with Crippen molar-refractivity contribution in [1.82, 2.24) is 20.2 Å². The smallest absolute Gasteiger partial charge is 0.277 e. The number of nitrogens with zero attached hydrogens (tertiary/aromatic N) is 2. The summed E-state index contributed by atoms with van der Waals surface area (Å²) >= 11 is 7.38. The first-order valence-corrected chi connectivity index (χ1v) is 13.0. The molecule has 5 rings (SSSR count). The molecule has 0 saturated heterocycles. The van der Waals surface area contributed by atoms with Gasteiger partial charge in [-0.3, -0.25) is 14.4 Å². The van der Waals surface area contributed by atoms with Crippen molar-refractivity contribution >= 4 is 51.4 Å². The first-order chi connectivity index (χ1) is 16.7. The van der Waals surface area contributed by atoms with Crippen LogP contribution in [0.25, 0.3) is 10.9 Å². The van der Waals surface area contributed by atoms with E-state index in [1.807, 2.05) is 18.2 Å². The Morgan fingerprint density at radius 1 is 1.20 bits per heavy atom. The molecule has 8 nitrogen and oxygen atoms in total. The van der Waals surface area contributed by atoms with Gasteiger partial charge in [-0.1, -0.05) is 11.6 Å². The number of carbonyl (C=O) groups is 3. The van der Waals surface area contributed by atoms with Crippen LogP contribution in [0.4, 0.5) is 0 Å². The second kappa shape index (κ2) is 10.9. The maximum absolute atomic E-state index is 12.3. The molecule has 35 heavy (non-hydrogen) atoms. The van der Waals surface area contributed by atoms with E-state index in [1.54, 1.807) is 13.0 Å². The zero-order valence-electron chi connectivity index (χ0n) is 19.9. The maximum Gasteiger partial charge on any atom is 0.277 e. The predicted octanol–water partition coefficient (Wildman–Crippen LogP) is 3.93. The van der Waals surface area contributed by atoms with Crippen molar-refractivity contribution in [2.75, 3.05) is 13.6 Å². The molecule has 10 heteroatoms. The van der Waals surface area contributed by atoms with Crippen LogP contribution in [0.2, 0.25) is 5.02 Å². The number of nitrogens with two attached hydrogens (primary N) is 1. The normalized spacial score (nSPS) is 20.0. The number of hydrogen-bond acceptors (Lipinski definition) is 6. The van der Waals surface area contributed by atoms with Crippen molar-refractivity contribution < 1.29 is 14.4 Å². The summed E-state index contributed by atoms with van der Waals surface area (Å²) < 4.78 is 0. The average Bonchev–Trinajstić information content (AvgIpc) is 3.43. The molecule has 2 amide bonds. The highest BCUT2D eigenvalue weighted by Crippen LogP contribution is 2.26. The molecule has 0 unspecified atom stereocenters. The van der Waals surface area contributed by atoms with Crippen LogP contribution in [0.1, 0.15) is 63.5 Å². The van der Waals surface area contributed by atoms with E-state index in [0.29, 0.717) is 15.7 Å². The molecular weight excluding hydrogens is 486 g/mol. The van der Waals surface area contributed by atoms with E-state index < -0.39 is 5.91 Å². The molecule has 1 aliphatic carbocycles. The summed E-state index contributed by atoms with van der Waals surface area (Å²) in [7, 11) is 2.06. The van der Waals surface area contributed by atoms with Gasteiger partial charge in [0.15, 0.2) is 5.01 Å². The van der Waals surface area contributed by atoms with Crippen molar-refractivity contribution in [3.8, 4) is 0 Å². The number of H-pyrrole nitrogens is 1. The van der Waals surface area contributed by atoms with Crippen LogP contribution in [0.3, 0.4) is 0 Å². The van der Waals surface area contributed by atoms with Crippen molar-refractivity contribution in [2.45, 2.75) is 51.6 Å². The van der Waals surface area contributed by atoms with Gasteiger partial charge < -0.3 is 20.9 Å². The number of primary amides is 1. The topological polar surface area (TPSA) is 121 Å². The number of carbonyl (C=O) groups excluding carboxylic acids is 3. The zero-order valence-corrected chi connectivity index (χ0v) is 21.5. The third-order valence-electron chi connectivity index (χ3n) is 6.60. The fraction of sp³-hybridized carbons (Fsp3) is 0.440. The number of nitrogens with one attached hydrogen (secondary N) is 2. The van der Waals surface area contributed by atoms with E-state index >= 15 is 0 Å². The summed E-state index contributed by atoms with van der Waals surface area (Å²) in [6.07, 6.45) is 4.38. The summed E-state index contributed by atoms with van der Waals surface area (Å²) in [5.74, 6) is -0.0821. The molecule has 0 bridgehead atoms. The molecule has 1 aromatic carbocycles. The van der Waals surface area contributed by atoms with Crippen LogP contribution in [0.15, 0.2) is 24.3 Å². The predicted molar refractivity (Wildman–Crippen MR) is 138 cm³/mol. The van der Waals surface area contributed by atoms with Gasteiger partial charge in [0.1, 0.15) is 11.5 Å². The second-order valence-electron chi connectivity index (χ2n) is 9.29. The fourth-order valence-corrected chi connectivity index (χ4v) is 5.78. The Labute approximate surface area is 213 Å². The van der Waals surface area contributed by atoms with E-state index in [1.165, 1.54) is 16.2 Å². The Morgan fingerprint density at radius 3 is 2.63 bits per heavy atom. The van der Waals surface area contributed by atoms with Gasteiger partial charge in [0.25, 0.3) is 11.8 Å². The highest BCUT2D eigenvalue weighted by Gasteiger charge is 2.25. The molecule has 3 aromatic rings. The number of ketones is 1. The average molecular weight is 516 g/mol. The summed E-state index contributed by atoms with van der Waals surface area (Å²) in [6, 6.07) is 7.47. The lowest BCUT2D eigenvalue weighted by atomic mass is 9.84. The van der Waals surface area contributed by atoms with E-state index in [-0.39, 0.29) is 23.7 Å². The number of Topliss-reactive ketones (excluding diaryl/α,β-unsaturated/α-hetero) is 1. The molecular formula is C25H30ClN5O3S. The van der Waals surface area contributed by atoms with Gasteiger partial charge in [-0.05, 0) is 63.9 Å². The molecule has 4 N–H and O–H groups in total. The summed E-state index contributed by atoms with van der Waals surface area (Å²) in [6.45, 7) is 3.55. The Kier molecular flexibility index (Phi) is 7.88. The number of amides is 2. The number of thiazole rings is 1. The molecule has 2 aliphatic rings. The van der Waals surface area contributed by atoms with Crippen molar-refractivity contribution in [3.05, 3.63) is 50.6 Å². The molecule has 2 aromatic heterocycles. The SMILES string of the molecule is CC(=O)C1CCC(NC(=O)c2cc3cc(Cl)ccc3[nH]2)CC1.CN1CCc2nc(C(N)=O)sc2C1. The molecule has 3 heterocycles. The molecule has 0 radical (unpaired) electrons. The second-order valence-corrected chi connectivity index (χ2v) is 10.8. The third-order valence-corrected chi connectivity index (χ3v) is 7.93. The van der Waals surface area contributed by atoms with Gasteiger partial charge in [-0.2, -0.15) is 0 Å². The lowest BCUT2D eigenvalue weighted by Crippen LogP contribution is -2.38. The minimum atomic E-state index is -0.415. The van der Waals surface area contributed by atoms with E-state index in [4.69, 9.17) is 17.3 Å². The van der Waals surface area contributed by atoms with Gasteiger partial charge in [-0.25, -0.2) is 4.98 Å². The van der Waals surface area contributed by atoms with E-state index in [2.05, 4.69) is 27.2 Å². The number of halogens is 1. The van der Waals surface area contributed by atoms with Crippen LogP contribution in [-0.2, 0) is 17.8 Å². The highest BCUT2D eigenvalue weighted by atomic mass is 35.5. The first-order valence-electron chi connectivity index (χ1n) is 11.8. The van der Waals surface area contributed by atoms with Crippen molar-refractivity contribution in [1.29, 1.82) is 0 Å². The van der Waals surface area contributed by atoms with Gasteiger partial charge in [0.05, 0.1) is 5.69 Å². The lowest BCUT2D eigenvalue weighted by molar-refractivity contribution is -0.121. The van der Waals surface area contributed by atoms with Crippen molar-refractivity contribution in [2.24, 2.45) is 11.7 Å². The summed E-state index contributed by atoms with van der Waals surface area (Å²) in [5.41, 5.74) is 7.65. The van der Waals surface area contributed by atoms with Crippen LogP contribution >= 0.6 is 22.9 Å². The van der Waals surface area contributed by atoms with E-state index in [9.17, 15) is 14.4 Å². The molecule has 1 saturated carbocycles. The standard InChI is InChI=1S/C17H19ClN2O2.C8H11N3OS/c1-10(21)11-2-5-14(6-3-11)19-17(22)16-9-12-8-13(18)4-7-15(12)20-16;1-11-3-2-5-6(4-11)13-8(10-5)7(9)12/h4,7-9,11,14,20H,2-3,5-6H2,1H3,(H,19,22);2-4H2,1H3,(H2,9,12). The number of aromatic amines is 1. The number of rotatable bonds is 4. The quantitative estimate of drug-likeness (QED) is 0.486. The molecule has 186 valence electrons. The van der Waals surface area contributed by atoms with Gasteiger partial charge in [0.2, 0.25) is 0 Å². The number of aromatic nitrogens is 2.